The Balaban J connectivity index is 2.70. The average molecular weight is 368 g/mol. The Hall–Kier alpha value is -1.75. The molecule has 2 aromatic rings. The summed E-state index contributed by atoms with van der Waals surface area (Å²) in [6.45, 7) is 1.50. The third-order valence-corrected chi connectivity index (χ3v) is 4.30. The second-order valence-corrected chi connectivity index (χ2v) is 6.26. The molecule has 2 N–H and O–H groups in total. The maximum absolute atomic E-state index is 11.8. The Labute approximate surface area is 151 Å². The second kappa shape index (κ2) is 7.88. The summed E-state index contributed by atoms with van der Waals surface area (Å²) in [7, 11) is 3.12. The van der Waals surface area contributed by atoms with Gasteiger partial charge in [-0.3, -0.25) is 4.79 Å². The first-order chi connectivity index (χ1) is 11.4. The maximum Gasteiger partial charge on any atom is 0.159 e. The number of nitrogens with two attached hydrogens (primary N) is 1. The number of alkyl halides is 1. The molecule has 4 nitrogen and oxygen atoms in total. The summed E-state index contributed by atoms with van der Waals surface area (Å²) >= 11 is 12.4. The predicted molar refractivity (Wildman–Crippen MR) is 96.7 cm³/mol. The molecular weight excluding hydrogens is 349 g/mol. The lowest BCUT2D eigenvalue weighted by Gasteiger charge is -2.25. The van der Waals surface area contributed by atoms with Gasteiger partial charge in [-0.2, -0.15) is 0 Å². The fourth-order valence-electron chi connectivity index (χ4n) is 2.66. The van der Waals surface area contributed by atoms with E-state index in [1.54, 1.807) is 50.6 Å². The molecule has 0 fully saturated rings. The van der Waals surface area contributed by atoms with Crippen molar-refractivity contribution >= 4 is 29.0 Å². The molecule has 2 rings (SSSR count). The van der Waals surface area contributed by atoms with E-state index in [4.69, 9.17) is 38.4 Å². The molecule has 0 heterocycles. The molecule has 6 heteroatoms. The first-order valence-corrected chi connectivity index (χ1v) is 8.12. The van der Waals surface area contributed by atoms with E-state index < -0.39 is 11.4 Å². The van der Waals surface area contributed by atoms with Crippen LogP contribution in [0.3, 0.4) is 0 Å². The minimum atomic E-state index is -0.770. The van der Waals surface area contributed by atoms with Gasteiger partial charge in [-0.05, 0) is 43.3 Å². The normalized spacial score (nSPS) is 13.2. The summed E-state index contributed by atoms with van der Waals surface area (Å²) in [5, 5.41) is 0.537. The van der Waals surface area contributed by atoms with Gasteiger partial charge >= 0.3 is 0 Å². The van der Waals surface area contributed by atoms with Crippen LogP contribution in [0.25, 0.3) is 0 Å². The molecule has 0 aliphatic rings. The summed E-state index contributed by atoms with van der Waals surface area (Å²) in [6.07, 6.45) is 0. The minimum absolute atomic E-state index is 0.0566. The second-order valence-electron chi connectivity index (χ2n) is 5.32. The molecule has 0 radical (unpaired) electrons. The van der Waals surface area contributed by atoms with Gasteiger partial charge in [-0.15, -0.1) is 11.6 Å². The van der Waals surface area contributed by atoms with Crippen LogP contribution in [-0.4, -0.2) is 25.5 Å². The number of methoxy groups -OCH3 is 2. The molecular formula is C18H19Cl2NO3. The summed E-state index contributed by atoms with van der Waals surface area (Å²) in [5.74, 6) is 0.673. The molecule has 0 saturated heterocycles. The van der Waals surface area contributed by atoms with Gasteiger partial charge in [0.25, 0.3) is 0 Å². The standard InChI is InChI=1S/C18H19Cl2NO3/c1-10(22)11-4-6-15(23-2)13(8-11)17(18(20)21)14-9-12(19)5-7-16(14)24-3/h4-9,17-18H,21H2,1-3H3. The van der Waals surface area contributed by atoms with Crippen LogP contribution < -0.4 is 15.2 Å². The molecule has 0 saturated carbocycles. The maximum atomic E-state index is 11.8. The van der Waals surface area contributed by atoms with Crippen LogP contribution in [0.4, 0.5) is 0 Å². The number of rotatable bonds is 6. The van der Waals surface area contributed by atoms with Gasteiger partial charge in [0, 0.05) is 27.6 Å². The van der Waals surface area contributed by atoms with Crippen molar-refractivity contribution in [2.24, 2.45) is 5.73 Å². The highest BCUT2D eigenvalue weighted by Gasteiger charge is 2.27. The highest BCUT2D eigenvalue weighted by Crippen LogP contribution is 2.40. The predicted octanol–water partition coefficient (Wildman–Crippen LogP) is 4.22. The number of carbonyl (C=O) groups excluding carboxylic acids is 1. The van der Waals surface area contributed by atoms with Crippen LogP contribution in [0.1, 0.15) is 34.3 Å². The Kier molecular flexibility index (Phi) is 6.10. The molecule has 0 aliphatic carbocycles. The van der Waals surface area contributed by atoms with Crippen molar-refractivity contribution < 1.29 is 14.3 Å². The van der Waals surface area contributed by atoms with Crippen LogP contribution in [-0.2, 0) is 0 Å². The Bertz CT molecular complexity index is 747. The van der Waals surface area contributed by atoms with Crippen molar-refractivity contribution in [2.75, 3.05) is 14.2 Å². The lowest BCUT2D eigenvalue weighted by Crippen LogP contribution is -2.24. The molecule has 0 amide bonds. The first-order valence-electron chi connectivity index (χ1n) is 7.31. The number of benzene rings is 2. The van der Waals surface area contributed by atoms with E-state index in [0.29, 0.717) is 27.6 Å². The molecule has 0 spiro atoms. The van der Waals surface area contributed by atoms with Gasteiger partial charge in [0.1, 0.15) is 11.5 Å². The van der Waals surface area contributed by atoms with Crippen LogP contribution >= 0.6 is 23.2 Å². The fourth-order valence-corrected chi connectivity index (χ4v) is 3.11. The number of hydrogen-bond donors (Lipinski definition) is 1. The van der Waals surface area contributed by atoms with Crippen molar-refractivity contribution in [1.82, 2.24) is 0 Å². The van der Waals surface area contributed by atoms with E-state index in [2.05, 4.69) is 0 Å². The van der Waals surface area contributed by atoms with Crippen molar-refractivity contribution in [2.45, 2.75) is 18.3 Å². The van der Waals surface area contributed by atoms with Crippen LogP contribution in [0, 0.1) is 0 Å². The summed E-state index contributed by atoms with van der Waals surface area (Å²) in [4.78, 5) is 11.8. The highest BCUT2D eigenvalue weighted by atomic mass is 35.5. The zero-order valence-corrected chi connectivity index (χ0v) is 15.2. The van der Waals surface area contributed by atoms with Crippen LogP contribution in [0.15, 0.2) is 36.4 Å². The van der Waals surface area contributed by atoms with E-state index in [9.17, 15) is 4.79 Å². The monoisotopic (exact) mass is 367 g/mol. The molecule has 2 unspecified atom stereocenters. The third kappa shape index (κ3) is 3.83. The molecule has 0 aliphatic heterocycles. The molecule has 2 aromatic carbocycles. The lowest BCUT2D eigenvalue weighted by molar-refractivity contribution is 0.101. The van der Waals surface area contributed by atoms with E-state index in [1.807, 2.05) is 0 Å². The largest absolute Gasteiger partial charge is 0.496 e. The quantitative estimate of drug-likeness (QED) is 0.471. The van der Waals surface area contributed by atoms with Gasteiger partial charge in [-0.1, -0.05) is 11.6 Å². The van der Waals surface area contributed by atoms with Gasteiger partial charge < -0.3 is 15.2 Å². The highest BCUT2D eigenvalue weighted by molar-refractivity contribution is 6.30. The first kappa shape index (κ1) is 18.6. The SMILES string of the molecule is COc1ccc(Cl)cc1C(c1cc(C(C)=O)ccc1OC)C(N)Cl. The van der Waals surface area contributed by atoms with Crippen LogP contribution in [0.5, 0.6) is 11.5 Å². The average Bonchev–Trinajstić information content (AvgIpc) is 2.54. The number of ether oxygens (including phenoxy) is 2. The minimum Gasteiger partial charge on any atom is -0.496 e. The number of ketones is 1. The topological polar surface area (TPSA) is 61.5 Å². The van der Waals surface area contributed by atoms with Crippen molar-refractivity contribution in [1.29, 1.82) is 0 Å². The Morgan fingerprint density at radius 3 is 2.08 bits per heavy atom. The van der Waals surface area contributed by atoms with Crippen LogP contribution in [0.2, 0.25) is 5.02 Å². The van der Waals surface area contributed by atoms with Gasteiger partial charge in [-0.25, -0.2) is 0 Å². The third-order valence-electron chi connectivity index (χ3n) is 3.82. The summed E-state index contributed by atoms with van der Waals surface area (Å²) in [5.41, 5.74) is 7.26. The van der Waals surface area contributed by atoms with E-state index in [-0.39, 0.29) is 5.78 Å². The number of halogens is 2. The summed E-state index contributed by atoms with van der Waals surface area (Å²) < 4.78 is 10.9. The molecule has 2 atom stereocenters. The van der Waals surface area contributed by atoms with Gasteiger partial charge in [0.15, 0.2) is 5.78 Å². The van der Waals surface area contributed by atoms with Crippen molar-refractivity contribution in [3.8, 4) is 11.5 Å². The molecule has 24 heavy (non-hydrogen) atoms. The van der Waals surface area contributed by atoms with E-state index >= 15 is 0 Å². The number of hydrogen-bond acceptors (Lipinski definition) is 4. The van der Waals surface area contributed by atoms with E-state index in [0.717, 1.165) is 5.56 Å². The fraction of sp³-hybridized carbons (Fsp3) is 0.278. The number of carbonyl (C=O) groups is 1. The number of Topliss-reactive ketones (excluding diaryl/α,β-unsaturated/α-hetero) is 1. The lowest BCUT2D eigenvalue weighted by atomic mass is 9.88. The zero-order chi connectivity index (χ0) is 17.9. The zero-order valence-electron chi connectivity index (χ0n) is 13.7. The van der Waals surface area contributed by atoms with E-state index in [1.165, 1.54) is 6.92 Å². The molecule has 0 aromatic heterocycles. The Morgan fingerprint density at radius 2 is 1.58 bits per heavy atom. The smallest absolute Gasteiger partial charge is 0.159 e. The summed E-state index contributed by atoms with van der Waals surface area (Å²) in [6, 6.07) is 10.4. The molecule has 128 valence electrons. The van der Waals surface area contributed by atoms with Gasteiger partial charge in [0.05, 0.1) is 19.7 Å². The van der Waals surface area contributed by atoms with Crippen molar-refractivity contribution in [3.63, 3.8) is 0 Å². The van der Waals surface area contributed by atoms with Crippen molar-refractivity contribution in [3.05, 3.63) is 58.1 Å². The van der Waals surface area contributed by atoms with Gasteiger partial charge in [0.2, 0.25) is 0 Å². The Morgan fingerprint density at radius 1 is 1.04 bits per heavy atom. The molecule has 0 bridgehead atoms.